The van der Waals surface area contributed by atoms with Gasteiger partial charge in [0.2, 0.25) is 0 Å². The van der Waals surface area contributed by atoms with Crippen LogP contribution in [-0.2, 0) is 17.6 Å². The Balaban J connectivity index is 1.68. The van der Waals surface area contributed by atoms with Gasteiger partial charge in [-0.2, -0.15) is 0 Å². The third-order valence-corrected chi connectivity index (χ3v) is 4.61. The zero-order valence-electron chi connectivity index (χ0n) is 17.2. The summed E-state index contributed by atoms with van der Waals surface area (Å²) in [6.45, 7) is 2.52. The number of hydrogen-bond donors (Lipinski definition) is 0. The van der Waals surface area contributed by atoms with Gasteiger partial charge >= 0.3 is 5.63 Å². The molecule has 30 heavy (non-hydrogen) atoms. The number of rotatable bonds is 9. The summed E-state index contributed by atoms with van der Waals surface area (Å²) < 4.78 is 30.1. The molecule has 3 rings (SSSR count). The zero-order chi connectivity index (χ0) is 21.3. The second-order valence-electron chi connectivity index (χ2n) is 6.80. The van der Waals surface area contributed by atoms with Crippen molar-refractivity contribution in [3.05, 3.63) is 93.8 Å². The highest BCUT2D eigenvalue weighted by atomic mass is 19.1. The van der Waals surface area contributed by atoms with Crippen molar-refractivity contribution in [2.24, 2.45) is 0 Å². The zero-order valence-corrected chi connectivity index (χ0v) is 17.2. The molecule has 5 heteroatoms. The molecule has 0 N–H and O–H groups in total. The molecule has 1 aromatic heterocycles. The molecule has 0 aliphatic heterocycles. The van der Waals surface area contributed by atoms with Gasteiger partial charge in [-0.05, 0) is 42.0 Å². The molecule has 156 valence electrons. The van der Waals surface area contributed by atoms with E-state index in [1.807, 2.05) is 25.2 Å². The lowest BCUT2D eigenvalue weighted by Gasteiger charge is -2.08. The van der Waals surface area contributed by atoms with Gasteiger partial charge in [0.05, 0.1) is 6.61 Å². The number of fused-ring (bicyclic) bond motifs is 1. The monoisotopic (exact) mass is 408 g/mol. The Morgan fingerprint density at radius 2 is 1.80 bits per heavy atom. The summed E-state index contributed by atoms with van der Waals surface area (Å²) in [5.41, 5.74) is 1.66. The summed E-state index contributed by atoms with van der Waals surface area (Å²) in [4.78, 5) is 12.3. The molecule has 1 heterocycles. The third kappa shape index (κ3) is 5.45. The second-order valence-corrected chi connectivity index (χ2v) is 6.80. The summed E-state index contributed by atoms with van der Waals surface area (Å²) in [5, 5.41) is 0.393. The van der Waals surface area contributed by atoms with Crippen molar-refractivity contribution in [3.8, 4) is 5.75 Å². The highest BCUT2D eigenvalue weighted by molar-refractivity contribution is 5.83. The van der Waals surface area contributed by atoms with Gasteiger partial charge in [0.15, 0.2) is 11.6 Å². The largest absolute Gasteiger partial charge is 0.488 e. The Hall–Kier alpha value is -3.18. The number of hydrogen-bond acceptors (Lipinski definition) is 4. The predicted molar refractivity (Wildman–Crippen MR) is 118 cm³/mol. The molecule has 0 atom stereocenters. The average molecular weight is 408 g/mol. The molecule has 0 aliphatic rings. The van der Waals surface area contributed by atoms with E-state index in [-0.39, 0.29) is 17.7 Å². The van der Waals surface area contributed by atoms with E-state index in [9.17, 15) is 9.18 Å². The molecule has 4 nitrogen and oxygen atoms in total. The minimum Gasteiger partial charge on any atom is -0.488 e. The lowest BCUT2D eigenvalue weighted by atomic mass is 10.1. The average Bonchev–Trinajstić information content (AvgIpc) is 2.74. The van der Waals surface area contributed by atoms with Crippen LogP contribution in [0.5, 0.6) is 5.75 Å². The van der Waals surface area contributed by atoms with Crippen molar-refractivity contribution in [2.75, 3.05) is 20.3 Å². The fraction of sp³-hybridized carbons (Fsp3) is 0.240. The first-order valence-electron chi connectivity index (χ1n) is 9.86. The standard InChI is InChI=1S/C25H25FO4/c1-3-6-18-9-11-19(12-10-18)7-4-5-8-21-17-20-13-14-22(29-16-15-28-2)24(26)23(20)25(27)30-21/h3-6,9-14,17H,7-8,15-16H2,1-2H3/b5-4+,6-3+. The molecular formula is C25H25FO4. The van der Waals surface area contributed by atoms with Gasteiger partial charge in [-0.3, -0.25) is 0 Å². The van der Waals surface area contributed by atoms with Crippen LogP contribution in [0.15, 0.2) is 69.9 Å². The minimum absolute atomic E-state index is 0.0138. The molecule has 0 radical (unpaired) electrons. The Morgan fingerprint density at radius 1 is 1.03 bits per heavy atom. The van der Waals surface area contributed by atoms with Crippen molar-refractivity contribution < 1.29 is 18.3 Å². The van der Waals surface area contributed by atoms with E-state index in [0.717, 1.165) is 6.42 Å². The van der Waals surface area contributed by atoms with Crippen LogP contribution in [0.4, 0.5) is 4.39 Å². The quantitative estimate of drug-likeness (QED) is 0.355. The Kier molecular flexibility index (Phi) is 7.57. The Bertz CT molecular complexity index is 1090. The van der Waals surface area contributed by atoms with Crippen LogP contribution in [0.25, 0.3) is 16.8 Å². The molecule has 0 saturated carbocycles. The fourth-order valence-electron chi connectivity index (χ4n) is 3.10. The van der Waals surface area contributed by atoms with E-state index in [4.69, 9.17) is 13.9 Å². The van der Waals surface area contributed by atoms with Crippen molar-refractivity contribution in [1.29, 1.82) is 0 Å². The molecular weight excluding hydrogens is 383 g/mol. The van der Waals surface area contributed by atoms with Crippen LogP contribution in [0.3, 0.4) is 0 Å². The van der Waals surface area contributed by atoms with Gasteiger partial charge in [-0.15, -0.1) is 0 Å². The number of allylic oxidation sites excluding steroid dienone is 3. The van der Waals surface area contributed by atoms with Crippen LogP contribution >= 0.6 is 0 Å². The highest BCUT2D eigenvalue weighted by Gasteiger charge is 2.14. The Labute approximate surface area is 175 Å². The molecule has 0 saturated heterocycles. The first kappa shape index (κ1) is 21.5. The summed E-state index contributed by atoms with van der Waals surface area (Å²) in [7, 11) is 1.53. The molecule has 2 aromatic carbocycles. The predicted octanol–water partition coefficient (Wildman–Crippen LogP) is 5.33. The van der Waals surface area contributed by atoms with Crippen molar-refractivity contribution in [1.82, 2.24) is 0 Å². The summed E-state index contributed by atoms with van der Waals surface area (Å²) >= 11 is 0. The lowest BCUT2D eigenvalue weighted by Crippen LogP contribution is -2.08. The Morgan fingerprint density at radius 3 is 2.53 bits per heavy atom. The maximum atomic E-state index is 14.6. The first-order chi connectivity index (χ1) is 14.6. The summed E-state index contributed by atoms with van der Waals surface area (Å²) in [5.74, 6) is -0.208. The maximum Gasteiger partial charge on any atom is 0.346 e. The van der Waals surface area contributed by atoms with Crippen molar-refractivity contribution in [3.63, 3.8) is 0 Å². The summed E-state index contributed by atoms with van der Waals surface area (Å²) in [6.07, 6.45) is 9.28. The van der Waals surface area contributed by atoms with Crippen LogP contribution < -0.4 is 10.4 Å². The molecule has 0 bridgehead atoms. The van der Waals surface area contributed by atoms with E-state index in [2.05, 4.69) is 30.3 Å². The number of benzene rings is 2. The highest BCUT2D eigenvalue weighted by Crippen LogP contribution is 2.25. The normalized spacial score (nSPS) is 11.7. The van der Waals surface area contributed by atoms with Crippen LogP contribution in [0.2, 0.25) is 0 Å². The van der Waals surface area contributed by atoms with Gasteiger partial charge in [-0.25, -0.2) is 9.18 Å². The minimum atomic E-state index is -0.708. The number of methoxy groups -OCH3 is 1. The lowest BCUT2D eigenvalue weighted by molar-refractivity contribution is 0.144. The van der Waals surface area contributed by atoms with Crippen LogP contribution in [-0.4, -0.2) is 20.3 Å². The molecule has 0 unspecified atom stereocenters. The number of ether oxygens (including phenoxy) is 2. The van der Waals surface area contributed by atoms with Gasteiger partial charge in [0.25, 0.3) is 0 Å². The van der Waals surface area contributed by atoms with E-state index >= 15 is 0 Å². The fourth-order valence-corrected chi connectivity index (χ4v) is 3.10. The smallest absolute Gasteiger partial charge is 0.346 e. The maximum absolute atomic E-state index is 14.6. The molecule has 0 aliphatic carbocycles. The molecule has 0 amide bonds. The van der Waals surface area contributed by atoms with Crippen LogP contribution in [0.1, 0.15) is 23.8 Å². The van der Waals surface area contributed by atoms with Crippen LogP contribution in [0, 0.1) is 5.82 Å². The van der Waals surface area contributed by atoms with Crippen molar-refractivity contribution >= 4 is 16.8 Å². The van der Waals surface area contributed by atoms with Crippen molar-refractivity contribution in [2.45, 2.75) is 19.8 Å². The molecule has 0 spiro atoms. The van der Waals surface area contributed by atoms with E-state index in [1.54, 1.807) is 12.1 Å². The van der Waals surface area contributed by atoms with E-state index < -0.39 is 11.4 Å². The first-order valence-corrected chi connectivity index (χ1v) is 9.86. The number of halogens is 1. The van der Waals surface area contributed by atoms with E-state index in [0.29, 0.717) is 24.2 Å². The second kappa shape index (κ2) is 10.6. The summed E-state index contributed by atoms with van der Waals surface area (Å²) in [6, 6.07) is 13.2. The molecule has 0 fully saturated rings. The topological polar surface area (TPSA) is 48.7 Å². The molecule has 3 aromatic rings. The van der Waals surface area contributed by atoms with Gasteiger partial charge in [-0.1, -0.05) is 54.6 Å². The van der Waals surface area contributed by atoms with Gasteiger partial charge < -0.3 is 13.9 Å². The third-order valence-electron chi connectivity index (χ3n) is 4.61. The SMILES string of the molecule is C/C=C/c1ccc(C/C=C/Cc2cc3ccc(OCCOC)c(F)c3c(=O)o2)cc1. The van der Waals surface area contributed by atoms with Gasteiger partial charge in [0, 0.05) is 13.5 Å². The van der Waals surface area contributed by atoms with Gasteiger partial charge in [0.1, 0.15) is 17.8 Å². The van der Waals surface area contributed by atoms with E-state index in [1.165, 1.54) is 24.3 Å².